The SMILES string of the molecule is CCOc1cc2c(cc1OC)C(c1cc(OC)nnc1OC)=N[C@@H]1CC[C@@H](OC(=O)/C=C/C(=O)O[C@@H]3CC[C@H]4N=C(c5cc(OC)nnc5OC)c5cc(OC)c(OCC)cc5[C@H]4C3)C[C@H]21. The molecule has 2 aliphatic heterocycles. The monoisotopic (exact) mass is 906 g/mol. The van der Waals surface area contributed by atoms with Gasteiger partial charge in [0.2, 0.25) is 23.5 Å². The number of benzene rings is 2. The molecule has 2 saturated carbocycles. The molecule has 2 aromatic heterocycles. The highest BCUT2D eigenvalue weighted by Gasteiger charge is 2.41. The molecule has 6 atom stereocenters. The summed E-state index contributed by atoms with van der Waals surface area (Å²) in [6.45, 7) is 4.69. The van der Waals surface area contributed by atoms with Gasteiger partial charge < -0.3 is 47.4 Å². The molecule has 4 heterocycles. The van der Waals surface area contributed by atoms with Gasteiger partial charge in [-0.15, -0.1) is 20.4 Å². The van der Waals surface area contributed by atoms with Crippen molar-refractivity contribution in [2.75, 3.05) is 55.9 Å². The van der Waals surface area contributed by atoms with Crippen LogP contribution in [0.15, 0.2) is 58.5 Å². The van der Waals surface area contributed by atoms with E-state index in [-0.39, 0.29) is 23.9 Å². The Morgan fingerprint density at radius 3 is 1.30 bits per heavy atom. The molecule has 18 nitrogen and oxygen atoms in total. The minimum absolute atomic E-state index is 0.116. The lowest BCUT2D eigenvalue weighted by Gasteiger charge is -2.38. The molecule has 4 aliphatic rings. The summed E-state index contributed by atoms with van der Waals surface area (Å²) in [4.78, 5) is 37.1. The second kappa shape index (κ2) is 20.0. The maximum absolute atomic E-state index is 13.3. The van der Waals surface area contributed by atoms with Crippen LogP contribution in [0, 0.1) is 0 Å². The molecule has 0 radical (unpaired) electrons. The lowest BCUT2D eigenvalue weighted by Crippen LogP contribution is -2.36. The Hall–Kier alpha value is -6.98. The van der Waals surface area contributed by atoms with Crippen LogP contribution in [-0.2, 0) is 19.1 Å². The zero-order chi connectivity index (χ0) is 46.5. The van der Waals surface area contributed by atoms with Crippen molar-refractivity contribution in [2.45, 2.75) is 88.5 Å². The number of nitrogens with zero attached hydrogens (tertiary/aromatic N) is 6. The van der Waals surface area contributed by atoms with Crippen molar-refractivity contribution in [3.05, 3.63) is 81.9 Å². The third-order valence-electron chi connectivity index (χ3n) is 12.4. The van der Waals surface area contributed by atoms with Crippen molar-refractivity contribution >= 4 is 23.4 Å². The van der Waals surface area contributed by atoms with Crippen molar-refractivity contribution in [1.29, 1.82) is 0 Å². The van der Waals surface area contributed by atoms with E-state index in [1.807, 2.05) is 38.1 Å². The predicted molar refractivity (Wildman–Crippen MR) is 240 cm³/mol. The van der Waals surface area contributed by atoms with Gasteiger partial charge >= 0.3 is 11.9 Å². The zero-order valence-electron chi connectivity index (χ0n) is 38.3. The average molecular weight is 907 g/mol. The molecular formula is C48H54N6O12. The highest BCUT2D eigenvalue weighted by Crippen LogP contribution is 2.48. The van der Waals surface area contributed by atoms with E-state index >= 15 is 0 Å². The lowest BCUT2D eigenvalue weighted by atomic mass is 9.74. The second-order valence-corrected chi connectivity index (χ2v) is 16.0. The lowest BCUT2D eigenvalue weighted by molar-refractivity contribution is -0.147. The molecule has 18 heteroatoms. The fraction of sp³-hybridized carbons (Fsp3) is 0.458. The Bertz CT molecular complexity index is 2390. The van der Waals surface area contributed by atoms with E-state index in [0.717, 1.165) is 34.4 Å². The summed E-state index contributed by atoms with van der Waals surface area (Å²) >= 11 is 0. The summed E-state index contributed by atoms with van der Waals surface area (Å²) in [5, 5.41) is 16.6. The van der Waals surface area contributed by atoms with Crippen LogP contribution in [-0.4, -0.2) is 124 Å². The van der Waals surface area contributed by atoms with E-state index < -0.39 is 24.1 Å². The summed E-state index contributed by atoms with van der Waals surface area (Å²) in [6.07, 6.45) is 4.78. The molecule has 8 rings (SSSR count). The number of carbonyl (C=O) groups excluding carboxylic acids is 2. The number of aliphatic imine (C=N–C) groups is 2. The van der Waals surface area contributed by atoms with Crippen LogP contribution < -0.4 is 37.9 Å². The number of carbonyl (C=O) groups is 2. The number of hydrogen-bond donors (Lipinski definition) is 0. The summed E-state index contributed by atoms with van der Waals surface area (Å²) in [6, 6.07) is 11.0. The second-order valence-electron chi connectivity index (χ2n) is 16.0. The summed E-state index contributed by atoms with van der Waals surface area (Å²) in [5.41, 5.74) is 6.10. The van der Waals surface area contributed by atoms with Gasteiger partial charge in [0.25, 0.3) is 0 Å². The van der Waals surface area contributed by atoms with E-state index in [4.69, 9.17) is 57.4 Å². The first kappa shape index (κ1) is 45.6. The third kappa shape index (κ3) is 9.13. The quantitative estimate of drug-likeness (QED) is 0.0911. The molecule has 2 fully saturated rings. The number of aromatic nitrogens is 4. The van der Waals surface area contributed by atoms with Crippen LogP contribution in [0.3, 0.4) is 0 Å². The van der Waals surface area contributed by atoms with Gasteiger partial charge in [-0.25, -0.2) is 9.59 Å². The average Bonchev–Trinajstić information content (AvgIpc) is 3.34. The summed E-state index contributed by atoms with van der Waals surface area (Å²) in [5.74, 6) is 2.00. The first-order chi connectivity index (χ1) is 32.1. The molecule has 0 bridgehead atoms. The first-order valence-corrected chi connectivity index (χ1v) is 22.0. The van der Waals surface area contributed by atoms with E-state index in [1.54, 1.807) is 26.4 Å². The van der Waals surface area contributed by atoms with Gasteiger partial charge in [-0.1, -0.05) is 0 Å². The smallest absolute Gasteiger partial charge is 0.331 e. The van der Waals surface area contributed by atoms with Gasteiger partial charge in [-0.2, -0.15) is 0 Å². The van der Waals surface area contributed by atoms with Crippen LogP contribution >= 0.6 is 0 Å². The first-order valence-electron chi connectivity index (χ1n) is 22.0. The molecule has 348 valence electrons. The molecular weight excluding hydrogens is 853 g/mol. The predicted octanol–water partition coefficient (Wildman–Crippen LogP) is 6.17. The number of rotatable bonds is 16. The molecule has 66 heavy (non-hydrogen) atoms. The molecule has 2 aromatic carbocycles. The van der Waals surface area contributed by atoms with Crippen molar-refractivity contribution in [1.82, 2.24) is 20.4 Å². The standard InChI is InChI=1S/C48H54N6O12/c1-9-63-39-19-27-29-17-25(11-13-35(29)49-45(31(27)21-37(39)57-3)33-23-41(59-5)51-53-47(33)61-7)65-43(55)15-16-44(56)66-26-12-14-36-30(18-26)28-20-40(64-10-2)38(58-4)22-32(28)46(50-36)34-24-42(60-6)52-54-48(34)62-8/h15-16,19-26,29-30,35-36H,9-14,17-18H2,1-8H3/b16-15+/t25-,26-,29-,30-,35-,36-/m1/s1. The van der Waals surface area contributed by atoms with Crippen LogP contribution in [0.5, 0.6) is 46.5 Å². The summed E-state index contributed by atoms with van der Waals surface area (Å²) < 4.78 is 57.5. The Morgan fingerprint density at radius 1 is 0.515 bits per heavy atom. The topological polar surface area (TPSA) is 203 Å². The van der Waals surface area contributed by atoms with Crippen molar-refractivity contribution in [3.63, 3.8) is 0 Å². The van der Waals surface area contributed by atoms with Crippen LogP contribution in [0.25, 0.3) is 0 Å². The highest BCUT2D eigenvalue weighted by atomic mass is 16.6. The normalized spacial score (nSPS) is 21.6. The fourth-order valence-corrected chi connectivity index (χ4v) is 9.46. The van der Waals surface area contributed by atoms with E-state index in [9.17, 15) is 9.59 Å². The molecule has 4 aromatic rings. The van der Waals surface area contributed by atoms with E-state index in [0.29, 0.717) is 121 Å². The van der Waals surface area contributed by atoms with Crippen molar-refractivity contribution in [2.24, 2.45) is 9.98 Å². The Kier molecular flexibility index (Phi) is 13.8. The van der Waals surface area contributed by atoms with Gasteiger partial charge in [-0.3, -0.25) is 9.98 Å². The molecule has 0 N–H and O–H groups in total. The van der Waals surface area contributed by atoms with E-state index in [1.165, 1.54) is 28.4 Å². The van der Waals surface area contributed by atoms with Crippen LogP contribution in [0.4, 0.5) is 0 Å². The highest BCUT2D eigenvalue weighted by molar-refractivity contribution is 6.17. The van der Waals surface area contributed by atoms with Crippen molar-refractivity contribution in [3.8, 4) is 46.5 Å². The number of fused-ring (bicyclic) bond motifs is 6. The number of ether oxygens (including phenoxy) is 10. The Labute approximate surface area is 382 Å². The Balaban J connectivity index is 0.967. The molecule has 0 spiro atoms. The maximum atomic E-state index is 13.3. The minimum atomic E-state index is -0.637. The molecule has 0 unspecified atom stereocenters. The van der Waals surface area contributed by atoms with Gasteiger partial charge in [0, 0.05) is 47.2 Å². The van der Waals surface area contributed by atoms with Crippen LogP contribution in [0.1, 0.15) is 97.6 Å². The Morgan fingerprint density at radius 2 is 0.939 bits per heavy atom. The summed E-state index contributed by atoms with van der Waals surface area (Å²) in [7, 11) is 9.28. The van der Waals surface area contributed by atoms with Gasteiger partial charge in [-0.05, 0) is 87.8 Å². The minimum Gasteiger partial charge on any atom is -0.493 e. The molecule has 2 aliphatic carbocycles. The maximum Gasteiger partial charge on any atom is 0.331 e. The van der Waals surface area contributed by atoms with Gasteiger partial charge in [0.15, 0.2) is 23.0 Å². The number of hydrogen-bond acceptors (Lipinski definition) is 18. The largest absolute Gasteiger partial charge is 0.493 e. The third-order valence-corrected chi connectivity index (χ3v) is 12.4. The van der Waals surface area contributed by atoms with E-state index in [2.05, 4.69) is 20.4 Å². The van der Waals surface area contributed by atoms with Gasteiger partial charge in [0.1, 0.15) is 12.2 Å². The van der Waals surface area contributed by atoms with Gasteiger partial charge in [0.05, 0.1) is 90.5 Å². The number of methoxy groups -OCH3 is 6. The zero-order valence-corrected chi connectivity index (χ0v) is 38.3. The molecule has 0 amide bonds. The van der Waals surface area contributed by atoms with Crippen LogP contribution in [0.2, 0.25) is 0 Å². The van der Waals surface area contributed by atoms with Crippen molar-refractivity contribution < 1.29 is 57.0 Å². The number of esters is 2. The fourth-order valence-electron chi connectivity index (χ4n) is 9.46. The molecule has 0 saturated heterocycles.